The Labute approximate surface area is 212 Å². The summed E-state index contributed by atoms with van der Waals surface area (Å²) in [5, 5.41) is 0. The summed E-state index contributed by atoms with van der Waals surface area (Å²) in [5.74, 6) is -0.939. The van der Waals surface area contributed by atoms with Gasteiger partial charge in [0.25, 0.3) is 0 Å². The van der Waals surface area contributed by atoms with Gasteiger partial charge in [-0.2, -0.15) is 13.2 Å². The van der Waals surface area contributed by atoms with Gasteiger partial charge in [0.2, 0.25) is 5.75 Å². The van der Waals surface area contributed by atoms with Crippen molar-refractivity contribution in [2.45, 2.75) is 16.8 Å². The van der Waals surface area contributed by atoms with Crippen LogP contribution >= 0.6 is 0 Å². The number of alkyl halides is 3. The predicted molar refractivity (Wildman–Crippen MR) is 130 cm³/mol. The summed E-state index contributed by atoms with van der Waals surface area (Å²) >= 11 is 0. The van der Waals surface area contributed by atoms with Gasteiger partial charge in [0, 0.05) is 5.56 Å². The number of sulfone groups is 1. The summed E-state index contributed by atoms with van der Waals surface area (Å²) in [4.78, 5) is -0.580. The lowest BCUT2D eigenvalue weighted by molar-refractivity contribution is -0.137. The Morgan fingerprint density at radius 1 is 0.811 bits per heavy atom. The largest absolute Gasteiger partial charge is 0.494 e. The van der Waals surface area contributed by atoms with Crippen LogP contribution in [0.4, 0.5) is 17.6 Å². The second-order valence-electron chi connectivity index (χ2n) is 7.73. The van der Waals surface area contributed by atoms with Gasteiger partial charge in [0.1, 0.15) is 0 Å². The van der Waals surface area contributed by atoms with Crippen LogP contribution in [-0.2, 0) is 21.8 Å². The molecule has 0 saturated carbocycles. The lowest BCUT2D eigenvalue weighted by Crippen LogP contribution is -2.11. The Kier molecular flexibility index (Phi) is 8.37. The minimum atomic E-state index is -4.73. The second kappa shape index (κ2) is 11.1. The molecule has 0 radical (unpaired) electrons. The highest BCUT2D eigenvalue weighted by molar-refractivity contribution is 7.90. The van der Waals surface area contributed by atoms with Crippen molar-refractivity contribution in [2.75, 3.05) is 28.4 Å². The molecule has 0 fully saturated rings. The summed E-state index contributed by atoms with van der Waals surface area (Å²) in [7, 11) is 1.19. The second-order valence-corrected chi connectivity index (χ2v) is 9.72. The maximum Gasteiger partial charge on any atom is 0.416 e. The zero-order chi connectivity index (χ0) is 27.4. The van der Waals surface area contributed by atoms with E-state index in [1.54, 1.807) is 18.2 Å². The molecule has 0 N–H and O–H groups in total. The molecule has 0 aliphatic carbocycles. The molecule has 0 aliphatic heterocycles. The quantitative estimate of drug-likeness (QED) is 0.244. The van der Waals surface area contributed by atoms with Crippen LogP contribution in [0.5, 0.6) is 23.0 Å². The number of hydrogen-bond acceptors (Lipinski definition) is 6. The van der Waals surface area contributed by atoms with Crippen LogP contribution in [0.2, 0.25) is 0 Å². The average molecular weight is 541 g/mol. The summed E-state index contributed by atoms with van der Waals surface area (Å²) in [5.41, 5.74) is -0.636. The van der Waals surface area contributed by atoms with E-state index in [9.17, 15) is 21.6 Å². The molecule has 198 valence electrons. The Morgan fingerprint density at radius 3 is 1.97 bits per heavy atom. The molecule has 0 heterocycles. The molecular weight excluding hydrogens is 516 g/mol. The molecule has 0 saturated heterocycles. The van der Waals surface area contributed by atoms with Gasteiger partial charge in [0.05, 0.1) is 44.7 Å². The lowest BCUT2D eigenvalue weighted by atomic mass is 10.1. The fourth-order valence-corrected chi connectivity index (χ4v) is 5.03. The van der Waals surface area contributed by atoms with Crippen LogP contribution in [-0.4, -0.2) is 36.9 Å². The summed E-state index contributed by atoms with van der Waals surface area (Å²) in [6.07, 6.45) is -1.69. The molecule has 0 spiro atoms. The van der Waals surface area contributed by atoms with Gasteiger partial charge in [-0.05, 0) is 47.5 Å². The van der Waals surface area contributed by atoms with Gasteiger partial charge in [-0.3, -0.25) is 0 Å². The molecule has 3 aromatic rings. The highest BCUT2D eigenvalue weighted by Gasteiger charge is 2.32. The fourth-order valence-electron chi connectivity index (χ4n) is 3.60. The minimum absolute atomic E-state index is 0.183. The lowest BCUT2D eigenvalue weighted by Gasteiger charge is -2.14. The van der Waals surface area contributed by atoms with E-state index in [1.165, 1.54) is 46.6 Å². The van der Waals surface area contributed by atoms with Crippen LogP contribution in [0.25, 0.3) is 12.2 Å². The van der Waals surface area contributed by atoms with Gasteiger partial charge in [-0.1, -0.05) is 24.3 Å². The first-order valence-electron chi connectivity index (χ1n) is 10.7. The molecular formula is C26H24F4O6S. The predicted octanol–water partition coefficient (Wildman–Crippen LogP) is 6.02. The van der Waals surface area contributed by atoms with E-state index >= 15 is 4.39 Å². The summed E-state index contributed by atoms with van der Waals surface area (Å²) in [6.45, 7) is 0. The molecule has 0 unspecified atom stereocenters. The third-order valence-electron chi connectivity index (χ3n) is 5.46. The molecule has 0 amide bonds. The van der Waals surface area contributed by atoms with E-state index in [2.05, 4.69) is 0 Å². The van der Waals surface area contributed by atoms with Crippen molar-refractivity contribution >= 4 is 22.0 Å². The van der Waals surface area contributed by atoms with Crippen LogP contribution in [0, 0.1) is 5.82 Å². The van der Waals surface area contributed by atoms with Crippen molar-refractivity contribution in [3.63, 3.8) is 0 Å². The minimum Gasteiger partial charge on any atom is -0.494 e. The standard InChI is InChI=1S/C26H24F4O6S/c1-33-21-11-10-17(9-8-16-12-22(34-2)25(36-4)23(13-16)35-3)20(24(21)27)15-37(31,32)19-7-5-6-18(14-19)26(28,29)30/h5-14H,15H2,1-4H3/b9-8-. The first-order valence-corrected chi connectivity index (χ1v) is 12.3. The highest BCUT2D eigenvalue weighted by atomic mass is 32.2. The van der Waals surface area contributed by atoms with Crippen LogP contribution in [0.1, 0.15) is 22.3 Å². The number of ether oxygens (including phenoxy) is 4. The Morgan fingerprint density at radius 2 is 1.43 bits per heavy atom. The molecule has 37 heavy (non-hydrogen) atoms. The van der Waals surface area contributed by atoms with Gasteiger partial charge in [-0.25, -0.2) is 12.8 Å². The topological polar surface area (TPSA) is 71.1 Å². The van der Waals surface area contributed by atoms with Crippen molar-refractivity contribution in [1.82, 2.24) is 0 Å². The van der Waals surface area contributed by atoms with Crippen molar-refractivity contribution in [3.05, 3.63) is 76.6 Å². The smallest absolute Gasteiger partial charge is 0.416 e. The van der Waals surface area contributed by atoms with Crippen molar-refractivity contribution in [1.29, 1.82) is 0 Å². The third kappa shape index (κ3) is 6.16. The maximum absolute atomic E-state index is 15.3. The van der Waals surface area contributed by atoms with E-state index in [0.29, 0.717) is 28.9 Å². The molecule has 11 heteroatoms. The molecule has 3 rings (SSSR count). The van der Waals surface area contributed by atoms with Crippen molar-refractivity contribution in [2.24, 2.45) is 0 Å². The number of halogens is 4. The van der Waals surface area contributed by atoms with Crippen LogP contribution < -0.4 is 18.9 Å². The number of rotatable bonds is 9. The third-order valence-corrected chi connectivity index (χ3v) is 7.10. The van der Waals surface area contributed by atoms with E-state index in [1.807, 2.05) is 0 Å². The zero-order valence-corrected chi connectivity index (χ0v) is 21.2. The van der Waals surface area contributed by atoms with Crippen LogP contribution in [0.3, 0.4) is 0 Å². The van der Waals surface area contributed by atoms with Crippen molar-refractivity contribution in [3.8, 4) is 23.0 Å². The van der Waals surface area contributed by atoms with E-state index in [0.717, 1.165) is 18.2 Å². The van der Waals surface area contributed by atoms with E-state index in [4.69, 9.17) is 18.9 Å². The number of hydrogen-bond donors (Lipinski definition) is 0. The molecule has 0 aromatic heterocycles. The highest BCUT2D eigenvalue weighted by Crippen LogP contribution is 2.39. The zero-order valence-electron chi connectivity index (χ0n) is 20.4. The van der Waals surface area contributed by atoms with Crippen LogP contribution in [0.15, 0.2) is 53.4 Å². The average Bonchev–Trinajstić information content (AvgIpc) is 2.87. The Balaban J connectivity index is 2.07. The van der Waals surface area contributed by atoms with Gasteiger partial charge < -0.3 is 18.9 Å². The molecule has 0 bridgehead atoms. The number of benzene rings is 3. The summed E-state index contributed by atoms with van der Waals surface area (Å²) in [6, 6.07) is 9.36. The Bertz CT molecular complexity index is 1390. The fraction of sp³-hybridized carbons (Fsp3) is 0.231. The molecule has 0 aliphatic rings. The van der Waals surface area contributed by atoms with E-state index < -0.39 is 38.0 Å². The van der Waals surface area contributed by atoms with Gasteiger partial charge in [-0.15, -0.1) is 0 Å². The molecule has 3 aromatic carbocycles. The monoisotopic (exact) mass is 540 g/mol. The van der Waals surface area contributed by atoms with Gasteiger partial charge >= 0.3 is 6.18 Å². The first kappa shape index (κ1) is 27.9. The van der Waals surface area contributed by atoms with Gasteiger partial charge in [0.15, 0.2) is 32.9 Å². The molecule has 0 atom stereocenters. The van der Waals surface area contributed by atoms with E-state index in [-0.39, 0.29) is 16.9 Å². The maximum atomic E-state index is 15.3. The first-order chi connectivity index (χ1) is 17.4. The SMILES string of the molecule is COc1ccc(/C=C\c2cc(OC)c(OC)c(OC)c2)c(CS(=O)(=O)c2cccc(C(F)(F)F)c2)c1F. The van der Waals surface area contributed by atoms with Crippen molar-refractivity contribution < 1.29 is 44.9 Å². The Hall–Kier alpha value is -3.73. The molecule has 6 nitrogen and oxygen atoms in total. The summed E-state index contributed by atoms with van der Waals surface area (Å²) < 4.78 is 102. The number of methoxy groups -OCH3 is 4. The normalized spacial score (nSPS) is 12.0.